The fraction of sp³-hybridized carbons (Fsp3) is 0.581. The van der Waals surface area contributed by atoms with E-state index in [0.29, 0.717) is 31.9 Å². The van der Waals surface area contributed by atoms with Crippen molar-refractivity contribution in [2.24, 2.45) is 0 Å². The van der Waals surface area contributed by atoms with E-state index in [9.17, 15) is 4.79 Å². The highest BCUT2D eigenvalue weighted by Gasteiger charge is 2.25. The van der Waals surface area contributed by atoms with E-state index < -0.39 is 0 Å². The minimum absolute atomic E-state index is 0.111. The molecule has 0 saturated carbocycles. The van der Waals surface area contributed by atoms with Crippen LogP contribution in [0.4, 0.5) is 0 Å². The first kappa shape index (κ1) is 27.1. The number of piperazine rings is 1. The smallest absolute Gasteiger partial charge is 0.253 e. The molecule has 0 radical (unpaired) electrons. The summed E-state index contributed by atoms with van der Waals surface area (Å²) in [6, 6.07) is 15.8. The molecule has 0 atom stereocenters. The third kappa shape index (κ3) is 6.94. The molecule has 3 aliphatic rings. The molecule has 7 nitrogen and oxygen atoms in total. The molecule has 3 aliphatic heterocycles. The normalized spacial score (nSPS) is 21.0. The minimum atomic E-state index is 0.111. The van der Waals surface area contributed by atoms with Crippen molar-refractivity contribution in [1.82, 2.24) is 14.7 Å². The van der Waals surface area contributed by atoms with Crippen molar-refractivity contribution in [2.75, 3.05) is 65.8 Å². The summed E-state index contributed by atoms with van der Waals surface area (Å²) in [7, 11) is 0. The number of hydrogen-bond donors (Lipinski definition) is 0. The maximum Gasteiger partial charge on any atom is 0.253 e. The van der Waals surface area contributed by atoms with E-state index in [4.69, 9.17) is 14.2 Å². The monoisotopic (exact) mass is 521 g/mol. The second-order valence-corrected chi connectivity index (χ2v) is 11.0. The van der Waals surface area contributed by atoms with E-state index in [2.05, 4.69) is 47.9 Å². The van der Waals surface area contributed by atoms with Gasteiger partial charge in [-0.3, -0.25) is 14.6 Å². The summed E-state index contributed by atoms with van der Waals surface area (Å²) >= 11 is 0. The van der Waals surface area contributed by atoms with E-state index in [0.717, 1.165) is 88.6 Å². The van der Waals surface area contributed by atoms with Crippen LogP contribution in [0.2, 0.25) is 0 Å². The van der Waals surface area contributed by atoms with Crippen LogP contribution in [0, 0.1) is 0 Å². The molecule has 0 aromatic heterocycles. The molecule has 2 fully saturated rings. The van der Waals surface area contributed by atoms with E-state index in [1.165, 1.54) is 11.1 Å². The number of ether oxygens (including phenoxy) is 3. The average Bonchev–Trinajstić information content (AvgIpc) is 2.95. The molecule has 2 aromatic carbocycles. The van der Waals surface area contributed by atoms with Crippen molar-refractivity contribution >= 4 is 5.91 Å². The second-order valence-electron chi connectivity index (χ2n) is 11.0. The quantitative estimate of drug-likeness (QED) is 0.612. The summed E-state index contributed by atoms with van der Waals surface area (Å²) in [6.07, 6.45) is 2.86. The van der Waals surface area contributed by atoms with Crippen molar-refractivity contribution in [3.05, 3.63) is 64.7 Å². The number of hydrogen-bond acceptors (Lipinski definition) is 6. The van der Waals surface area contributed by atoms with Gasteiger partial charge in [-0.1, -0.05) is 24.3 Å². The highest BCUT2D eigenvalue weighted by Crippen LogP contribution is 2.26. The van der Waals surface area contributed by atoms with Crippen LogP contribution in [0.3, 0.4) is 0 Å². The summed E-state index contributed by atoms with van der Waals surface area (Å²) in [5.41, 5.74) is 4.34. The summed E-state index contributed by atoms with van der Waals surface area (Å²) in [5.74, 6) is 0.945. The number of amides is 1. The van der Waals surface area contributed by atoms with Gasteiger partial charge in [0.25, 0.3) is 5.91 Å². The Morgan fingerprint density at radius 3 is 2.39 bits per heavy atom. The van der Waals surface area contributed by atoms with E-state index in [-0.39, 0.29) is 5.91 Å². The molecule has 3 heterocycles. The molecule has 2 saturated heterocycles. The standard InChI is InChI=1S/C31H43N3O4/c1-24(2)32-10-12-33(13-11-32)31(35)27-6-7-30-28(22-27)21-25-4-3-5-26(20-25)23-34(14-17-37-18-19-38-30)29-8-15-36-16-9-29/h3-7,20,22,24,29H,8-19,21,23H2,1-2H3. The highest BCUT2D eigenvalue weighted by atomic mass is 16.5. The second kappa shape index (κ2) is 13.1. The molecule has 0 N–H and O–H groups in total. The Kier molecular flexibility index (Phi) is 9.33. The predicted molar refractivity (Wildman–Crippen MR) is 149 cm³/mol. The molecule has 1 amide bonds. The number of carbonyl (C=O) groups excluding carboxylic acids is 1. The van der Waals surface area contributed by atoms with Crippen molar-refractivity contribution in [1.29, 1.82) is 0 Å². The fourth-order valence-corrected chi connectivity index (χ4v) is 5.84. The van der Waals surface area contributed by atoms with Crippen LogP contribution in [0.1, 0.15) is 53.7 Å². The topological polar surface area (TPSA) is 54.5 Å². The maximum atomic E-state index is 13.4. The number of benzene rings is 2. The first-order valence-corrected chi connectivity index (χ1v) is 14.3. The Morgan fingerprint density at radius 1 is 0.842 bits per heavy atom. The maximum absolute atomic E-state index is 13.4. The molecule has 0 unspecified atom stereocenters. The lowest BCUT2D eigenvalue weighted by atomic mass is 9.99. The van der Waals surface area contributed by atoms with E-state index >= 15 is 0 Å². The average molecular weight is 522 g/mol. The lowest BCUT2D eigenvalue weighted by Crippen LogP contribution is -2.50. The first-order valence-electron chi connectivity index (χ1n) is 14.3. The van der Waals surface area contributed by atoms with E-state index in [1.54, 1.807) is 0 Å². The van der Waals surface area contributed by atoms with Gasteiger partial charge < -0.3 is 19.1 Å². The Labute approximate surface area is 227 Å². The molecule has 2 bridgehead atoms. The van der Waals surface area contributed by atoms with Crippen LogP contribution >= 0.6 is 0 Å². The van der Waals surface area contributed by atoms with Crippen LogP contribution < -0.4 is 4.74 Å². The van der Waals surface area contributed by atoms with Gasteiger partial charge in [-0.05, 0) is 61.6 Å². The molecule has 206 valence electrons. The molecule has 2 aromatic rings. The zero-order chi connectivity index (χ0) is 26.3. The third-order valence-corrected chi connectivity index (χ3v) is 8.13. The molecule has 38 heavy (non-hydrogen) atoms. The molecular formula is C31H43N3O4. The largest absolute Gasteiger partial charge is 0.491 e. The zero-order valence-electron chi connectivity index (χ0n) is 23.1. The van der Waals surface area contributed by atoms with Gasteiger partial charge in [0.1, 0.15) is 12.4 Å². The van der Waals surface area contributed by atoms with Gasteiger partial charge in [-0.15, -0.1) is 0 Å². The first-order chi connectivity index (χ1) is 18.6. The Morgan fingerprint density at radius 2 is 1.61 bits per heavy atom. The van der Waals surface area contributed by atoms with Crippen LogP contribution in [-0.4, -0.2) is 98.4 Å². The third-order valence-electron chi connectivity index (χ3n) is 8.13. The van der Waals surface area contributed by atoms with Crippen molar-refractivity contribution in [3.8, 4) is 5.75 Å². The van der Waals surface area contributed by atoms with Crippen LogP contribution in [0.25, 0.3) is 0 Å². The summed E-state index contributed by atoms with van der Waals surface area (Å²) in [6.45, 7) is 13.0. The SMILES string of the molecule is CC(C)N1CCN(C(=O)c2ccc3c(c2)Cc2cccc(c2)CN(C2CCOCC2)CCOCCO3)CC1. The summed E-state index contributed by atoms with van der Waals surface area (Å²) in [5, 5.41) is 0. The lowest BCUT2D eigenvalue weighted by molar-refractivity contribution is 0.0133. The van der Waals surface area contributed by atoms with Gasteiger partial charge in [0, 0.05) is 76.6 Å². The van der Waals surface area contributed by atoms with Gasteiger partial charge in [0.2, 0.25) is 0 Å². The Bertz CT molecular complexity index is 1060. The predicted octanol–water partition coefficient (Wildman–Crippen LogP) is 3.83. The Balaban J connectivity index is 1.35. The fourth-order valence-electron chi connectivity index (χ4n) is 5.84. The number of fused-ring (bicyclic) bond motifs is 3. The van der Waals surface area contributed by atoms with E-state index in [1.807, 2.05) is 23.1 Å². The lowest BCUT2D eigenvalue weighted by Gasteiger charge is -2.37. The van der Waals surface area contributed by atoms with Gasteiger partial charge in [0.15, 0.2) is 0 Å². The minimum Gasteiger partial charge on any atom is -0.491 e. The Hall–Kier alpha value is -2.45. The van der Waals surface area contributed by atoms with Crippen LogP contribution in [0.15, 0.2) is 42.5 Å². The van der Waals surface area contributed by atoms with Gasteiger partial charge >= 0.3 is 0 Å². The van der Waals surface area contributed by atoms with Gasteiger partial charge in [0.05, 0.1) is 13.2 Å². The van der Waals surface area contributed by atoms with Crippen LogP contribution in [-0.2, 0) is 22.4 Å². The highest BCUT2D eigenvalue weighted by molar-refractivity contribution is 5.94. The summed E-state index contributed by atoms with van der Waals surface area (Å²) < 4.78 is 17.8. The number of nitrogens with zero attached hydrogens (tertiary/aromatic N) is 3. The van der Waals surface area contributed by atoms with Crippen LogP contribution in [0.5, 0.6) is 5.75 Å². The number of rotatable bonds is 3. The van der Waals surface area contributed by atoms with Crippen molar-refractivity contribution in [3.63, 3.8) is 0 Å². The molecular weight excluding hydrogens is 478 g/mol. The number of carbonyl (C=O) groups is 1. The van der Waals surface area contributed by atoms with Crippen molar-refractivity contribution < 1.29 is 19.0 Å². The molecule has 0 spiro atoms. The van der Waals surface area contributed by atoms with Gasteiger partial charge in [-0.25, -0.2) is 0 Å². The summed E-state index contributed by atoms with van der Waals surface area (Å²) in [4.78, 5) is 20.4. The van der Waals surface area contributed by atoms with Crippen molar-refractivity contribution in [2.45, 2.75) is 51.7 Å². The molecule has 5 rings (SSSR count). The molecule has 0 aliphatic carbocycles. The zero-order valence-corrected chi connectivity index (χ0v) is 23.1. The molecule has 7 heteroatoms. The van der Waals surface area contributed by atoms with Gasteiger partial charge in [-0.2, -0.15) is 0 Å².